The van der Waals surface area contributed by atoms with Gasteiger partial charge in [-0.3, -0.25) is 0 Å². The van der Waals surface area contributed by atoms with Crippen molar-refractivity contribution in [1.29, 1.82) is 0 Å². The Morgan fingerprint density at radius 2 is 1.79 bits per heavy atom. The minimum absolute atomic E-state index is 0.290. The standard InChI is InChI=1S/C20H22N2O2/c1-2-8-19-18(7-1)21-20(24-19)23-17-11-9-16(10-12-17)6-5-15-22-13-3-4-14-22/h1-2,7-12H,3-6,13-15H2. The predicted octanol–water partition coefficient (Wildman–Crippen LogP) is 4.65. The Kier molecular flexibility index (Phi) is 4.47. The number of hydrogen-bond acceptors (Lipinski definition) is 4. The van der Waals surface area contributed by atoms with Crippen molar-refractivity contribution in [3.05, 3.63) is 54.1 Å². The summed E-state index contributed by atoms with van der Waals surface area (Å²) >= 11 is 0. The van der Waals surface area contributed by atoms with E-state index in [-0.39, 0.29) is 6.08 Å². The summed E-state index contributed by atoms with van der Waals surface area (Å²) in [6, 6.07) is 15.9. The maximum Gasteiger partial charge on any atom is 0.400 e. The Labute approximate surface area is 142 Å². The lowest BCUT2D eigenvalue weighted by Crippen LogP contribution is -2.20. The fraction of sp³-hybridized carbons (Fsp3) is 0.350. The molecule has 0 atom stereocenters. The van der Waals surface area contributed by atoms with Gasteiger partial charge in [0.05, 0.1) is 0 Å². The first-order valence-corrected chi connectivity index (χ1v) is 8.71. The van der Waals surface area contributed by atoms with Crippen LogP contribution in [0.15, 0.2) is 52.9 Å². The summed E-state index contributed by atoms with van der Waals surface area (Å²) in [5, 5.41) is 0. The molecule has 24 heavy (non-hydrogen) atoms. The van der Waals surface area contributed by atoms with Crippen LogP contribution in [0.3, 0.4) is 0 Å². The Bertz CT molecular complexity index is 756. The molecule has 2 aromatic carbocycles. The van der Waals surface area contributed by atoms with Crippen LogP contribution in [-0.4, -0.2) is 29.5 Å². The molecule has 1 aromatic heterocycles. The highest BCUT2D eigenvalue weighted by molar-refractivity contribution is 5.72. The van der Waals surface area contributed by atoms with Gasteiger partial charge in [0.1, 0.15) is 11.3 Å². The molecule has 0 amide bonds. The van der Waals surface area contributed by atoms with Crippen molar-refractivity contribution in [2.75, 3.05) is 19.6 Å². The number of ether oxygens (including phenoxy) is 1. The number of para-hydroxylation sites is 2. The van der Waals surface area contributed by atoms with Gasteiger partial charge in [0.25, 0.3) is 0 Å². The van der Waals surface area contributed by atoms with Crippen LogP contribution in [0.2, 0.25) is 0 Å². The van der Waals surface area contributed by atoms with E-state index in [1.54, 1.807) is 0 Å². The van der Waals surface area contributed by atoms with E-state index in [4.69, 9.17) is 9.15 Å². The third kappa shape index (κ3) is 3.60. The van der Waals surface area contributed by atoms with Gasteiger partial charge in [0.15, 0.2) is 5.58 Å². The van der Waals surface area contributed by atoms with E-state index in [0.29, 0.717) is 0 Å². The van der Waals surface area contributed by atoms with Crippen molar-refractivity contribution in [2.45, 2.75) is 25.7 Å². The molecule has 4 nitrogen and oxygen atoms in total. The number of benzene rings is 2. The Hall–Kier alpha value is -2.33. The van der Waals surface area contributed by atoms with E-state index in [0.717, 1.165) is 23.3 Å². The molecular weight excluding hydrogens is 300 g/mol. The van der Waals surface area contributed by atoms with Gasteiger partial charge >= 0.3 is 6.08 Å². The molecule has 3 aromatic rings. The number of likely N-dealkylation sites (tertiary alicyclic amines) is 1. The predicted molar refractivity (Wildman–Crippen MR) is 94.5 cm³/mol. The molecule has 1 saturated heterocycles. The van der Waals surface area contributed by atoms with Crippen LogP contribution in [0, 0.1) is 0 Å². The number of aryl methyl sites for hydroxylation is 1. The number of hydrogen-bond donors (Lipinski definition) is 0. The zero-order valence-electron chi connectivity index (χ0n) is 13.8. The van der Waals surface area contributed by atoms with Crippen LogP contribution in [0.25, 0.3) is 11.1 Å². The number of rotatable bonds is 6. The van der Waals surface area contributed by atoms with Crippen LogP contribution >= 0.6 is 0 Å². The molecule has 1 fully saturated rings. The van der Waals surface area contributed by atoms with Gasteiger partial charge in [0.2, 0.25) is 0 Å². The third-order valence-corrected chi connectivity index (χ3v) is 4.54. The fourth-order valence-corrected chi connectivity index (χ4v) is 3.23. The highest BCUT2D eigenvalue weighted by Crippen LogP contribution is 2.25. The minimum Gasteiger partial charge on any atom is -0.411 e. The molecule has 0 spiro atoms. The number of nitrogens with zero attached hydrogens (tertiary/aromatic N) is 2. The minimum atomic E-state index is 0.290. The molecule has 0 saturated carbocycles. The average Bonchev–Trinajstić information content (AvgIpc) is 3.25. The van der Waals surface area contributed by atoms with E-state index in [2.05, 4.69) is 22.0 Å². The summed E-state index contributed by atoms with van der Waals surface area (Å²) in [6.45, 7) is 3.76. The number of fused-ring (bicyclic) bond motifs is 1. The molecular formula is C20H22N2O2. The van der Waals surface area contributed by atoms with Crippen molar-refractivity contribution in [3.8, 4) is 11.8 Å². The Morgan fingerprint density at radius 3 is 2.58 bits per heavy atom. The average molecular weight is 322 g/mol. The fourth-order valence-electron chi connectivity index (χ4n) is 3.23. The van der Waals surface area contributed by atoms with Gasteiger partial charge in [-0.1, -0.05) is 24.3 Å². The SMILES string of the molecule is c1ccc2oc(Oc3ccc(CCCN4CCCC4)cc3)nc2c1. The molecule has 1 aliphatic heterocycles. The van der Waals surface area contributed by atoms with Gasteiger partial charge in [-0.05, 0) is 75.1 Å². The normalized spacial score (nSPS) is 15.2. The molecule has 0 aliphatic carbocycles. The Balaban J connectivity index is 1.33. The maximum absolute atomic E-state index is 5.72. The molecule has 4 heteroatoms. The summed E-state index contributed by atoms with van der Waals surface area (Å²) in [5.74, 6) is 0.754. The number of aromatic nitrogens is 1. The lowest BCUT2D eigenvalue weighted by molar-refractivity contribution is 0.334. The lowest BCUT2D eigenvalue weighted by Gasteiger charge is -2.13. The number of oxazole rings is 1. The second kappa shape index (κ2) is 7.05. The van der Waals surface area contributed by atoms with Gasteiger partial charge in [-0.15, -0.1) is 0 Å². The topological polar surface area (TPSA) is 38.5 Å². The van der Waals surface area contributed by atoms with E-state index in [1.165, 1.54) is 44.5 Å². The highest BCUT2D eigenvalue weighted by atomic mass is 16.6. The van der Waals surface area contributed by atoms with Crippen LogP contribution < -0.4 is 4.74 Å². The van der Waals surface area contributed by atoms with Crippen molar-refractivity contribution in [2.24, 2.45) is 0 Å². The van der Waals surface area contributed by atoms with Crippen molar-refractivity contribution in [1.82, 2.24) is 9.88 Å². The van der Waals surface area contributed by atoms with Crippen molar-refractivity contribution in [3.63, 3.8) is 0 Å². The molecule has 0 N–H and O–H groups in total. The summed E-state index contributed by atoms with van der Waals surface area (Å²) in [4.78, 5) is 6.89. The molecule has 4 rings (SSSR count). The van der Waals surface area contributed by atoms with Crippen molar-refractivity contribution >= 4 is 11.1 Å². The largest absolute Gasteiger partial charge is 0.411 e. The first-order valence-electron chi connectivity index (χ1n) is 8.71. The van der Waals surface area contributed by atoms with Crippen molar-refractivity contribution < 1.29 is 9.15 Å². The van der Waals surface area contributed by atoms with E-state index >= 15 is 0 Å². The lowest BCUT2D eigenvalue weighted by atomic mass is 10.1. The molecule has 0 radical (unpaired) electrons. The van der Waals surface area contributed by atoms with E-state index in [1.807, 2.05) is 36.4 Å². The summed E-state index contributed by atoms with van der Waals surface area (Å²) in [7, 11) is 0. The Morgan fingerprint density at radius 1 is 1.00 bits per heavy atom. The van der Waals surface area contributed by atoms with Gasteiger partial charge in [0, 0.05) is 0 Å². The third-order valence-electron chi connectivity index (χ3n) is 4.54. The van der Waals surface area contributed by atoms with Crippen LogP contribution in [0.5, 0.6) is 11.8 Å². The first-order chi connectivity index (χ1) is 11.9. The van der Waals surface area contributed by atoms with Gasteiger partial charge < -0.3 is 14.1 Å². The quantitative estimate of drug-likeness (QED) is 0.662. The molecule has 124 valence electrons. The zero-order valence-corrected chi connectivity index (χ0v) is 13.8. The monoisotopic (exact) mass is 322 g/mol. The van der Waals surface area contributed by atoms with Crippen LogP contribution in [0.4, 0.5) is 0 Å². The van der Waals surface area contributed by atoms with Gasteiger partial charge in [-0.2, -0.15) is 4.98 Å². The van der Waals surface area contributed by atoms with Gasteiger partial charge in [-0.25, -0.2) is 0 Å². The zero-order chi connectivity index (χ0) is 16.2. The maximum atomic E-state index is 5.72. The second-order valence-corrected chi connectivity index (χ2v) is 6.35. The van der Waals surface area contributed by atoms with Crippen LogP contribution in [0.1, 0.15) is 24.8 Å². The van der Waals surface area contributed by atoms with E-state index < -0.39 is 0 Å². The molecule has 1 aliphatic rings. The smallest absolute Gasteiger partial charge is 0.400 e. The first kappa shape index (κ1) is 15.2. The highest BCUT2D eigenvalue weighted by Gasteiger charge is 2.10. The summed E-state index contributed by atoms with van der Waals surface area (Å²) in [5.41, 5.74) is 2.90. The molecule has 0 unspecified atom stereocenters. The molecule has 2 heterocycles. The van der Waals surface area contributed by atoms with Crippen LogP contribution in [-0.2, 0) is 6.42 Å². The van der Waals surface area contributed by atoms with E-state index in [9.17, 15) is 0 Å². The molecule has 0 bridgehead atoms. The summed E-state index contributed by atoms with van der Waals surface area (Å²) in [6.07, 6.45) is 5.34. The second-order valence-electron chi connectivity index (χ2n) is 6.35. The summed E-state index contributed by atoms with van der Waals surface area (Å²) < 4.78 is 11.3.